The first-order valence-corrected chi connectivity index (χ1v) is 8.03. The lowest BCUT2D eigenvalue weighted by Crippen LogP contribution is -2.35. The van der Waals surface area contributed by atoms with Crippen LogP contribution in [0, 0.1) is 17.8 Å². The highest BCUT2D eigenvalue weighted by atomic mass is 19.4. The van der Waals surface area contributed by atoms with E-state index in [1.807, 2.05) is 7.05 Å². The summed E-state index contributed by atoms with van der Waals surface area (Å²) in [7, 11) is 2.03. The Morgan fingerprint density at radius 2 is 1.79 bits per heavy atom. The van der Waals surface area contributed by atoms with Crippen molar-refractivity contribution < 1.29 is 23.0 Å². The van der Waals surface area contributed by atoms with Crippen LogP contribution in [0.3, 0.4) is 0 Å². The smallest absolute Gasteiger partial charge is 0.406 e. The summed E-state index contributed by atoms with van der Waals surface area (Å²) in [6.07, 6.45) is -0.468. The molecule has 1 N–H and O–H groups in total. The molecule has 0 atom stereocenters. The number of nitrogens with zero attached hydrogens (tertiary/aromatic N) is 1. The molecule has 1 aromatic rings. The molecule has 1 aliphatic rings. The highest BCUT2D eigenvalue weighted by Crippen LogP contribution is 2.26. The molecule has 0 radical (unpaired) electrons. The summed E-state index contributed by atoms with van der Waals surface area (Å²) in [5.74, 6) is 6.20. The van der Waals surface area contributed by atoms with Crippen LogP contribution in [0.1, 0.15) is 31.2 Å². The number of aliphatic hydroxyl groups excluding tert-OH is 1. The Morgan fingerprint density at radius 3 is 2.33 bits per heavy atom. The molecule has 6 heteroatoms. The van der Waals surface area contributed by atoms with Crippen LogP contribution < -0.4 is 4.74 Å². The predicted molar refractivity (Wildman–Crippen MR) is 85.5 cm³/mol. The van der Waals surface area contributed by atoms with Gasteiger partial charge in [-0.05, 0) is 62.9 Å². The molecule has 1 fully saturated rings. The van der Waals surface area contributed by atoms with Crippen LogP contribution in [0.25, 0.3) is 0 Å². The third kappa shape index (κ3) is 6.06. The van der Waals surface area contributed by atoms with Crippen LogP contribution in [0.2, 0.25) is 0 Å². The zero-order valence-electron chi connectivity index (χ0n) is 13.6. The monoisotopic (exact) mass is 341 g/mol. The first kappa shape index (κ1) is 18.6. The third-order valence-electron chi connectivity index (χ3n) is 4.35. The van der Waals surface area contributed by atoms with E-state index in [9.17, 15) is 13.2 Å². The van der Waals surface area contributed by atoms with Gasteiger partial charge in [-0.15, -0.1) is 13.2 Å². The number of halogens is 3. The Morgan fingerprint density at radius 1 is 1.17 bits per heavy atom. The van der Waals surface area contributed by atoms with Gasteiger partial charge in [0.05, 0.1) is 6.54 Å². The molecule has 0 spiro atoms. The van der Waals surface area contributed by atoms with Crippen molar-refractivity contribution in [1.29, 1.82) is 0 Å². The Kier molecular flexibility index (Phi) is 6.52. The topological polar surface area (TPSA) is 32.7 Å². The summed E-state index contributed by atoms with van der Waals surface area (Å²) in [5.41, 5.74) is 0.655. The van der Waals surface area contributed by atoms with E-state index in [1.54, 1.807) is 0 Å². The van der Waals surface area contributed by atoms with Crippen molar-refractivity contribution in [3.05, 3.63) is 29.8 Å². The maximum absolute atomic E-state index is 12.1. The molecule has 1 aromatic carbocycles. The lowest BCUT2D eigenvalue weighted by molar-refractivity contribution is -0.274. The molecule has 1 saturated carbocycles. The molecule has 0 amide bonds. The lowest BCUT2D eigenvalue weighted by atomic mass is 9.86. The summed E-state index contributed by atoms with van der Waals surface area (Å²) >= 11 is 0. The maximum atomic E-state index is 12.1. The van der Waals surface area contributed by atoms with Crippen LogP contribution in [0.5, 0.6) is 5.75 Å². The van der Waals surface area contributed by atoms with Crippen molar-refractivity contribution >= 4 is 0 Å². The van der Waals surface area contributed by atoms with E-state index < -0.39 is 6.36 Å². The van der Waals surface area contributed by atoms with Crippen molar-refractivity contribution in [3.63, 3.8) is 0 Å². The molecule has 0 aliphatic heterocycles. The molecule has 0 unspecified atom stereocenters. The van der Waals surface area contributed by atoms with E-state index in [0.29, 0.717) is 24.1 Å². The van der Waals surface area contributed by atoms with Gasteiger partial charge in [0.15, 0.2) is 0 Å². The highest BCUT2D eigenvalue weighted by Gasteiger charge is 2.30. The second-order valence-corrected chi connectivity index (χ2v) is 6.15. The Balaban J connectivity index is 1.82. The zero-order valence-corrected chi connectivity index (χ0v) is 13.6. The van der Waals surface area contributed by atoms with Gasteiger partial charge in [0.2, 0.25) is 0 Å². The van der Waals surface area contributed by atoms with Crippen LogP contribution in [0.15, 0.2) is 24.3 Å². The van der Waals surface area contributed by atoms with Gasteiger partial charge in [0, 0.05) is 18.2 Å². The van der Waals surface area contributed by atoms with Gasteiger partial charge >= 0.3 is 6.36 Å². The van der Waals surface area contributed by atoms with Gasteiger partial charge in [-0.1, -0.05) is 11.8 Å². The number of benzene rings is 1. The third-order valence-corrected chi connectivity index (χ3v) is 4.35. The van der Waals surface area contributed by atoms with Gasteiger partial charge in [0.25, 0.3) is 0 Å². The van der Waals surface area contributed by atoms with E-state index in [4.69, 9.17) is 5.11 Å². The fourth-order valence-electron chi connectivity index (χ4n) is 2.90. The molecule has 132 valence electrons. The van der Waals surface area contributed by atoms with Crippen molar-refractivity contribution in [2.24, 2.45) is 5.92 Å². The molecule has 3 nitrogen and oxygen atoms in total. The molecule has 1 aliphatic carbocycles. The summed E-state index contributed by atoms with van der Waals surface area (Å²) in [6.45, 7) is 0.875. The van der Waals surface area contributed by atoms with E-state index in [1.165, 1.54) is 24.3 Å². The normalized spacial score (nSPS) is 21.2. The quantitative estimate of drug-likeness (QED) is 0.852. The number of alkyl halides is 3. The number of hydrogen-bond donors (Lipinski definition) is 1. The van der Waals surface area contributed by atoms with Crippen molar-refractivity contribution in [2.75, 3.05) is 20.2 Å². The highest BCUT2D eigenvalue weighted by molar-refractivity contribution is 5.38. The van der Waals surface area contributed by atoms with Gasteiger partial charge < -0.3 is 9.84 Å². The molecule has 0 saturated heterocycles. The fraction of sp³-hybridized carbons (Fsp3) is 0.556. The zero-order chi connectivity index (χ0) is 17.6. The Bertz CT molecular complexity index is 567. The first-order valence-electron chi connectivity index (χ1n) is 8.03. The fourth-order valence-corrected chi connectivity index (χ4v) is 2.90. The van der Waals surface area contributed by atoms with Gasteiger partial charge in [-0.25, -0.2) is 0 Å². The summed E-state index contributed by atoms with van der Waals surface area (Å²) in [6, 6.07) is 6.03. The first-order chi connectivity index (χ1) is 11.4. The molecule has 0 aromatic heterocycles. The molecular weight excluding hydrogens is 319 g/mol. The van der Waals surface area contributed by atoms with Crippen LogP contribution >= 0.6 is 0 Å². The summed E-state index contributed by atoms with van der Waals surface area (Å²) in [5, 5.41) is 9.16. The standard InChI is InChI=1S/C18H22F3NO2/c1-22(16-8-4-15(13-23)5-9-16)12-2-3-14-6-10-17(11-7-14)24-18(19,20)21/h6-7,10-11,15-16,23H,4-5,8-9,12-13H2,1H3. The van der Waals surface area contributed by atoms with Crippen molar-refractivity contribution in [2.45, 2.75) is 38.1 Å². The number of rotatable bonds is 4. The van der Waals surface area contributed by atoms with Gasteiger partial charge in [-0.2, -0.15) is 0 Å². The van der Waals surface area contributed by atoms with Crippen molar-refractivity contribution in [1.82, 2.24) is 4.90 Å². The predicted octanol–water partition coefficient (Wildman–Crippen LogP) is 3.42. The van der Waals surface area contributed by atoms with E-state index >= 15 is 0 Å². The average Bonchev–Trinajstić information content (AvgIpc) is 2.55. The minimum Gasteiger partial charge on any atom is -0.406 e. The molecule has 24 heavy (non-hydrogen) atoms. The number of ether oxygens (including phenoxy) is 1. The second-order valence-electron chi connectivity index (χ2n) is 6.15. The molecular formula is C18H22F3NO2. The minimum absolute atomic E-state index is 0.245. The van der Waals surface area contributed by atoms with Crippen LogP contribution in [-0.4, -0.2) is 42.6 Å². The largest absolute Gasteiger partial charge is 0.573 e. The molecule has 2 rings (SSSR count). The van der Waals surface area contributed by atoms with Gasteiger partial charge in [-0.3, -0.25) is 4.90 Å². The van der Waals surface area contributed by atoms with E-state index in [2.05, 4.69) is 21.5 Å². The summed E-state index contributed by atoms with van der Waals surface area (Å²) < 4.78 is 40.1. The van der Waals surface area contributed by atoms with Gasteiger partial charge in [0.1, 0.15) is 5.75 Å². The van der Waals surface area contributed by atoms with Crippen LogP contribution in [0.4, 0.5) is 13.2 Å². The average molecular weight is 341 g/mol. The van der Waals surface area contributed by atoms with E-state index in [0.717, 1.165) is 25.7 Å². The second kappa shape index (κ2) is 8.41. The molecule has 0 bridgehead atoms. The molecule has 0 heterocycles. The van der Waals surface area contributed by atoms with E-state index in [-0.39, 0.29) is 12.4 Å². The Hall–Kier alpha value is -1.71. The summed E-state index contributed by atoms with van der Waals surface area (Å²) in [4.78, 5) is 2.20. The number of hydrogen-bond acceptors (Lipinski definition) is 3. The van der Waals surface area contributed by atoms with Crippen LogP contribution in [-0.2, 0) is 0 Å². The lowest BCUT2D eigenvalue weighted by Gasteiger charge is -2.33. The van der Waals surface area contributed by atoms with Crippen molar-refractivity contribution in [3.8, 4) is 17.6 Å². The number of aliphatic hydroxyl groups is 1. The minimum atomic E-state index is -4.68. The Labute approximate surface area is 140 Å². The maximum Gasteiger partial charge on any atom is 0.573 e. The SMILES string of the molecule is CN(CC#Cc1ccc(OC(F)(F)F)cc1)C1CCC(CO)CC1.